The lowest BCUT2D eigenvalue weighted by Crippen LogP contribution is -2.16. The quantitative estimate of drug-likeness (QED) is 0.723. The summed E-state index contributed by atoms with van der Waals surface area (Å²) in [4.78, 5) is 3.95. The zero-order valence-electron chi connectivity index (χ0n) is 13.2. The number of anilines is 1. The lowest BCUT2D eigenvalue weighted by molar-refractivity contribution is -0.146. The van der Waals surface area contributed by atoms with Crippen LogP contribution in [0.4, 0.5) is 19.0 Å². The second-order valence-electron chi connectivity index (χ2n) is 5.44. The van der Waals surface area contributed by atoms with Crippen molar-refractivity contribution in [3.05, 3.63) is 35.7 Å². The van der Waals surface area contributed by atoms with E-state index >= 15 is 0 Å². The van der Waals surface area contributed by atoms with Gasteiger partial charge in [0.15, 0.2) is 5.65 Å². The number of halogens is 3. The van der Waals surface area contributed by atoms with Crippen LogP contribution in [0.25, 0.3) is 5.65 Å². The van der Waals surface area contributed by atoms with Gasteiger partial charge >= 0.3 is 6.18 Å². The van der Waals surface area contributed by atoms with Gasteiger partial charge in [-0.2, -0.15) is 17.7 Å². The first-order valence-corrected chi connectivity index (χ1v) is 7.37. The summed E-state index contributed by atoms with van der Waals surface area (Å²) < 4.78 is 41.6. The summed E-state index contributed by atoms with van der Waals surface area (Å²) in [6.07, 6.45) is 1.44. The second-order valence-corrected chi connectivity index (χ2v) is 5.44. The van der Waals surface area contributed by atoms with Crippen LogP contribution in [-0.4, -0.2) is 35.9 Å². The average Bonchev–Trinajstić information content (AvgIpc) is 3.16. The Morgan fingerprint density at radius 2 is 1.96 bits per heavy atom. The van der Waals surface area contributed by atoms with Crippen molar-refractivity contribution in [2.45, 2.75) is 33.0 Å². The fourth-order valence-electron chi connectivity index (χ4n) is 2.36. The molecule has 3 aromatic rings. The van der Waals surface area contributed by atoms with Gasteiger partial charge in [0.25, 0.3) is 5.82 Å². The van der Waals surface area contributed by atoms with Gasteiger partial charge in [-0.3, -0.25) is 0 Å². The Hall–Kier alpha value is -2.65. The number of aryl methyl sites for hydroxylation is 2. The molecule has 0 spiro atoms. The third-order valence-electron chi connectivity index (χ3n) is 3.79. The normalized spacial score (nSPS) is 12.0. The summed E-state index contributed by atoms with van der Waals surface area (Å²) >= 11 is 0. The smallest absolute Gasteiger partial charge is 0.368 e. The van der Waals surface area contributed by atoms with Crippen molar-refractivity contribution in [1.29, 1.82) is 0 Å². The molecular weight excluding hydrogens is 323 g/mol. The number of nitrogens with one attached hydrogen (secondary N) is 1. The summed E-state index contributed by atoms with van der Waals surface area (Å²) in [6, 6.07) is 0. The fourth-order valence-corrected chi connectivity index (χ4v) is 2.36. The predicted molar refractivity (Wildman–Crippen MR) is 80.6 cm³/mol. The van der Waals surface area contributed by atoms with E-state index in [-0.39, 0.29) is 5.65 Å². The molecular formula is C14H16F3N7. The minimum absolute atomic E-state index is 0.115. The summed E-state index contributed by atoms with van der Waals surface area (Å²) in [7, 11) is 0. The van der Waals surface area contributed by atoms with E-state index in [9.17, 15) is 13.2 Å². The van der Waals surface area contributed by atoms with Crippen LogP contribution in [0, 0.1) is 13.8 Å². The second kappa shape index (κ2) is 6.10. The summed E-state index contributed by atoms with van der Waals surface area (Å²) in [6.45, 7) is 4.83. The number of hydrogen-bond donors (Lipinski definition) is 1. The van der Waals surface area contributed by atoms with E-state index in [0.29, 0.717) is 17.9 Å². The molecule has 0 aromatic carbocycles. The highest BCUT2D eigenvalue weighted by Gasteiger charge is 2.38. The highest BCUT2D eigenvalue weighted by molar-refractivity contribution is 5.58. The van der Waals surface area contributed by atoms with E-state index < -0.39 is 12.0 Å². The standard InChI is InChI=1S/C14H16F3N7/c1-9-10(2)12-20-21-13(14(15,16)17)24(12)22-11(9)19-4-3-6-23-7-5-18-8-23/h5,7-8H,3-4,6H2,1-2H3,(H,19,22). The van der Waals surface area contributed by atoms with Gasteiger partial charge < -0.3 is 9.88 Å². The molecule has 0 saturated heterocycles. The van der Waals surface area contributed by atoms with E-state index in [4.69, 9.17) is 0 Å². The molecule has 0 unspecified atom stereocenters. The molecule has 3 rings (SSSR count). The summed E-state index contributed by atoms with van der Waals surface area (Å²) in [5.74, 6) is -0.724. The molecule has 0 bridgehead atoms. The molecule has 0 aliphatic carbocycles. The maximum absolute atomic E-state index is 13.0. The van der Waals surface area contributed by atoms with E-state index in [1.165, 1.54) is 0 Å². The largest absolute Gasteiger partial charge is 0.453 e. The molecule has 0 atom stereocenters. The molecule has 7 nitrogen and oxygen atoms in total. The molecule has 0 fully saturated rings. The van der Waals surface area contributed by atoms with Gasteiger partial charge in [0, 0.05) is 31.0 Å². The number of rotatable bonds is 5. The monoisotopic (exact) mass is 339 g/mol. The van der Waals surface area contributed by atoms with Gasteiger partial charge in [0.05, 0.1) is 6.33 Å². The Morgan fingerprint density at radius 3 is 2.62 bits per heavy atom. The molecule has 0 aliphatic heterocycles. The van der Waals surface area contributed by atoms with Crippen molar-refractivity contribution in [3.8, 4) is 0 Å². The molecule has 1 N–H and O–H groups in total. The van der Waals surface area contributed by atoms with Crippen LogP contribution >= 0.6 is 0 Å². The van der Waals surface area contributed by atoms with Crippen LogP contribution in [0.2, 0.25) is 0 Å². The number of fused-ring (bicyclic) bond motifs is 1. The van der Waals surface area contributed by atoms with E-state index in [1.54, 1.807) is 26.4 Å². The maximum atomic E-state index is 13.0. The lowest BCUT2D eigenvalue weighted by Gasteiger charge is -2.12. The minimum atomic E-state index is -4.60. The van der Waals surface area contributed by atoms with Gasteiger partial charge in [0.1, 0.15) is 5.82 Å². The Morgan fingerprint density at radius 1 is 1.17 bits per heavy atom. The van der Waals surface area contributed by atoms with Crippen LogP contribution < -0.4 is 5.32 Å². The maximum Gasteiger partial charge on any atom is 0.453 e. The number of nitrogens with zero attached hydrogens (tertiary/aromatic N) is 6. The fraction of sp³-hybridized carbons (Fsp3) is 0.429. The number of alkyl halides is 3. The van der Waals surface area contributed by atoms with E-state index in [1.807, 2.05) is 10.8 Å². The number of imidazole rings is 1. The Labute approximate surface area is 135 Å². The highest BCUT2D eigenvalue weighted by Crippen LogP contribution is 2.29. The first-order valence-electron chi connectivity index (χ1n) is 7.37. The molecule has 128 valence electrons. The van der Waals surface area contributed by atoms with Crippen molar-refractivity contribution >= 4 is 11.5 Å². The van der Waals surface area contributed by atoms with Gasteiger partial charge in [-0.05, 0) is 25.8 Å². The molecule has 10 heteroatoms. The van der Waals surface area contributed by atoms with E-state index in [0.717, 1.165) is 23.0 Å². The average molecular weight is 339 g/mol. The van der Waals surface area contributed by atoms with Crippen molar-refractivity contribution < 1.29 is 13.2 Å². The number of hydrogen-bond acceptors (Lipinski definition) is 5. The lowest BCUT2D eigenvalue weighted by atomic mass is 10.2. The topological polar surface area (TPSA) is 72.9 Å². The molecule has 3 aromatic heterocycles. The summed E-state index contributed by atoms with van der Waals surface area (Å²) in [5, 5.41) is 14.0. The zero-order chi connectivity index (χ0) is 17.3. The molecule has 0 aliphatic rings. The molecule has 3 heterocycles. The van der Waals surface area contributed by atoms with Crippen LogP contribution in [0.1, 0.15) is 23.4 Å². The van der Waals surface area contributed by atoms with Gasteiger partial charge in [0.2, 0.25) is 0 Å². The van der Waals surface area contributed by atoms with Crippen molar-refractivity contribution in [3.63, 3.8) is 0 Å². The van der Waals surface area contributed by atoms with Gasteiger partial charge in [-0.25, -0.2) is 4.98 Å². The Kier molecular flexibility index (Phi) is 4.12. The third kappa shape index (κ3) is 3.03. The van der Waals surface area contributed by atoms with Crippen molar-refractivity contribution in [2.75, 3.05) is 11.9 Å². The van der Waals surface area contributed by atoms with Crippen LogP contribution in [0.5, 0.6) is 0 Å². The predicted octanol–water partition coefficient (Wildman–Crippen LogP) is 2.46. The first kappa shape index (κ1) is 16.2. The molecule has 24 heavy (non-hydrogen) atoms. The van der Waals surface area contributed by atoms with Crippen LogP contribution in [0.3, 0.4) is 0 Å². The Bertz CT molecular complexity index is 836. The Balaban J connectivity index is 1.80. The minimum Gasteiger partial charge on any atom is -0.368 e. The first-order chi connectivity index (χ1) is 11.4. The van der Waals surface area contributed by atoms with Crippen LogP contribution in [0.15, 0.2) is 18.7 Å². The number of aromatic nitrogens is 6. The van der Waals surface area contributed by atoms with Crippen molar-refractivity contribution in [1.82, 2.24) is 29.4 Å². The molecule has 0 saturated carbocycles. The SMILES string of the molecule is Cc1c(NCCCn2ccnc2)nn2c(C(F)(F)F)nnc2c1C. The third-order valence-corrected chi connectivity index (χ3v) is 3.79. The van der Waals surface area contributed by atoms with Crippen molar-refractivity contribution in [2.24, 2.45) is 0 Å². The zero-order valence-corrected chi connectivity index (χ0v) is 13.2. The van der Waals surface area contributed by atoms with E-state index in [2.05, 4.69) is 25.6 Å². The highest BCUT2D eigenvalue weighted by atomic mass is 19.4. The summed E-state index contributed by atoms with van der Waals surface area (Å²) in [5.41, 5.74) is 1.49. The van der Waals surface area contributed by atoms with Crippen LogP contribution in [-0.2, 0) is 12.7 Å². The molecule has 0 amide bonds. The van der Waals surface area contributed by atoms with Gasteiger partial charge in [-0.15, -0.1) is 15.3 Å². The van der Waals surface area contributed by atoms with Gasteiger partial charge in [-0.1, -0.05) is 0 Å². The molecule has 0 radical (unpaired) electrons.